The van der Waals surface area contributed by atoms with Gasteiger partial charge in [-0.1, -0.05) is 6.07 Å². The van der Waals surface area contributed by atoms with Gasteiger partial charge >= 0.3 is 21.9 Å². The molecule has 3 aliphatic rings. The molecule has 2 atom stereocenters. The van der Waals surface area contributed by atoms with Gasteiger partial charge in [0, 0.05) is 42.1 Å². The fraction of sp³-hybridized carbons (Fsp3) is 0.412. The number of benzene rings is 2. The van der Waals surface area contributed by atoms with Crippen LogP contribution in [0.2, 0.25) is 0 Å². The molecular formula is C34H39N3O9S4+2. The average molecular weight is 762 g/mol. The number of rotatable bonds is 8. The second kappa shape index (κ2) is 14.1. The predicted molar refractivity (Wildman–Crippen MR) is 194 cm³/mol. The van der Waals surface area contributed by atoms with Crippen molar-refractivity contribution in [2.45, 2.75) is 50.4 Å². The monoisotopic (exact) mass is 761 g/mol. The first-order valence-electron chi connectivity index (χ1n) is 16.7. The van der Waals surface area contributed by atoms with Gasteiger partial charge in [0.1, 0.15) is 0 Å². The number of hydrogen-bond acceptors (Lipinski definition) is 9. The van der Waals surface area contributed by atoms with E-state index in [0.29, 0.717) is 41.2 Å². The summed E-state index contributed by atoms with van der Waals surface area (Å²) >= 11 is 3.52. The third-order valence-electron chi connectivity index (χ3n) is 9.60. The fourth-order valence-electron chi connectivity index (χ4n) is 7.06. The highest BCUT2D eigenvalue weighted by Crippen LogP contribution is 2.53. The highest BCUT2D eigenvalue weighted by atomic mass is 32.2. The molecule has 1 spiro atoms. The molecule has 2 aromatic carbocycles. The molecule has 0 aliphatic carbocycles. The maximum absolute atomic E-state index is 13.9. The fourth-order valence-corrected chi connectivity index (χ4v) is 10.5. The van der Waals surface area contributed by atoms with Crippen LogP contribution in [0.1, 0.15) is 54.8 Å². The molecule has 0 bridgehead atoms. The van der Waals surface area contributed by atoms with Gasteiger partial charge < -0.3 is 14.1 Å². The summed E-state index contributed by atoms with van der Waals surface area (Å²) in [6, 6.07) is 14.7. The van der Waals surface area contributed by atoms with E-state index < -0.39 is 31.4 Å². The molecule has 2 N–H and O–H groups in total. The van der Waals surface area contributed by atoms with Crippen LogP contribution in [0.15, 0.2) is 64.2 Å². The van der Waals surface area contributed by atoms with Crippen molar-refractivity contribution < 1.29 is 44.5 Å². The number of thioether (sulfide) groups is 1. The van der Waals surface area contributed by atoms with E-state index >= 15 is 0 Å². The van der Waals surface area contributed by atoms with Crippen LogP contribution in [0.25, 0.3) is 27.6 Å². The lowest BCUT2D eigenvalue weighted by Crippen LogP contribution is -2.67. The van der Waals surface area contributed by atoms with Crippen molar-refractivity contribution in [1.29, 1.82) is 0 Å². The van der Waals surface area contributed by atoms with Crippen molar-refractivity contribution in [1.82, 2.24) is 9.38 Å². The second-order valence-corrected chi connectivity index (χ2v) is 18.1. The minimum atomic E-state index is -4.57. The summed E-state index contributed by atoms with van der Waals surface area (Å²) in [7, 11) is -8.79. The number of fused-ring (bicyclic) bond motifs is 3. The lowest BCUT2D eigenvalue weighted by Gasteiger charge is -2.45. The molecule has 7 rings (SSSR count). The lowest BCUT2D eigenvalue weighted by atomic mass is 10.0. The smallest absolute Gasteiger partial charge is 0.383 e. The first kappa shape index (κ1) is 35.2. The number of nitrogens with zero attached hydrogens (tertiary/aromatic N) is 3. The molecule has 16 heteroatoms. The molecule has 5 heterocycles. The number of quaternary nitrogens is 1. The predicted octanol–water partition coefficient (Wildman–Crippen LogP) is 5.79. The van der Waals surface area contributed by atoms with Gasteiger partial charge in [-0.05, 0) is 78.5 Å². The minimum absolute atomic E-state index is 0.0765. The zero-order valence-electron chi connectivity index (χ0n) is 27.3. The van der Waals surface area contributed by atoms with Gasteiger partial charge in [0.2, 0.25) is 11.0 Å². The van der Waals surface area contributed by atoms with Gasteiger partial charge in [0.25, 0.3) is 21.5 Å². The van der Waals surface area contributed by atoms with Crippen LogP contribution in [-0.4, -0.2) is 79.0 Å². The van der Waals surface area contributed by atoms with Crippen LogP contribution >= 0.6 is 23.1 Å². The molecule has 0 radical (unpaired) electrons. The molecule has 2 unspecified atom stereocenters. The molecule has 50 heavy (non-hydrogen) atoms. The van der Waals surface area contributed by atoms with E-state index in [1.165, 1.54) is 0 Å². The first-order valence-corrected chi connectivity index (χ1v) is 21.8. The van der Waals surface area contributed by atoms with E-state index in [2.05, 4.69) is 0 Å². The zero-order chi connectivity index (χ0) is 35.1. The molecule has 0 saturated carbocycles. The van der Waals surface area contributed by atoms with Crippen molar-refractivity contribution in [3.63, 3.8) is 0 Å². The van der Waals surface area contributed by atoms with Crippen LogP contribution in [0.4, 0.5) is 5.69 Å². The maximum Gasteiger partial charge on any atom is 0.383 e. The first-order chi connectivity index (χ1) is 23.9. The van der Waals surface area contributed by atoms with Crippen molar-refractivity contribution in [3.8, 4) is 16.2 Å². The molecule has 12 nitrogen and oxygen atoms in total. The van der Waals surface area contributed by atoms with Crippen molar-refractivity contribution in [3.05, 3.63) is 71.2 Å². The Kier molecular flexibility index (Phi) is 9.88. The Hall–Kier alpha value is -3.25. The van der Waals surface area contributed by atoms with Crippen LogP contribution < -0.4 is 13.8 Å². The van der Waals surface area contributed by atoms with Crippen LogP contribution in [0.3, 0.4) is 0 Å². The second-order valence-electron chi connectivity index (χ2n) is 12.8. The van der Waals surface area contributed by atoms with Crippen molar-refractivity contribution in [2.75, 3.05) is 36.9 Å². The zero-order valence-corrected chi connectivity index (χ0v) is 30.5. The molecule has 2 fully saturated rings. The number of aromatic nitrogens is 1. The highest BCUT2D eigenvalue weighted by molar-refractivity contribution is 7.99. The normalized spacial score (nSPS) is 22.4. The summed E-state index contributed by atoms with van der Waals surface area (Å²) in [5, 5.41) is 0.701. The molecule has 3 aliphatic heterocycles. The number of hydrogen-bond donors (Lipinski definition) is 2. The van der Waals surface area contributed by atoms with Crippen LogP contribution in [0.5, 0.6) is 5.75 Å². The Morgan fingerprint density at radius 1 is 1.02 bits per heavy atom. The SMILES string of the molecule is O=C(c1ccc2c(c1)[N+]1(CCC1S(=O)(=O)O)C(=Cc1oc3ccc(-c4cccs4)cc3[n+]1CCCS(=O)(=O)O)O2)N1CCCCSCCCC1. The van der Waals surface area contributed by atoms with Crippen LogP contribution in [-0.2, 0) is 26.8 Å². The summed E-state index contributed by atoms with van der Waals surface area (Å²) in [4.78, 5) is 16.8. The summed E-state index contributed by atoms with van der Waals surface area (Å²) in [5.74, 6) is 2.38. The minimum Gasteiger partial charge on any atom is -0.406 e. The number of carbonyl (C=O) groups excluding carboxylic acids is 1. The molecule has 266 valence electrons. The van der Waals surface area contributed by atoms with Gasteiger partial charge in [-0.3, -0.25) is 13.9 Å². The van der Waals surface area contributed by atoms with Gasteiger partial charge in [-0.2, -0.15) is 33.2 Å². The van der Waals surface area contributed by atoms with E-state index in [-0.39, 0.29) is 48.1 Å². The Balaban J connectivity index is 1.30. The third kappa shape index (κ3) is 6.98. The van der Waals surface area contributed by atoms with E-state index in [0.717, 1.165) is 47.6 Å². The van der Waals surface area contributed by atoms with Crippen LogP contribution in [0, 0.1) is 0 Å². The Bertz CT molecular complexity index is 2150. The van der Waals surface area contributed by atoms with Gasteiger partial charge in [-0.15, -0.1) is 11.3 Å². The van der Waals surface area contributed by atoms with Crippen molar-refractivity contribution in [2.24, 2.45) is 0 Å². The molecule has 2 saturated heterocycles. The average Bonchev–Trinajstić information content (AvgIpc) is 3.78. The molecule has 1 amide bonds. The summed E-state index contributed by atoms with van der Waals surface area (Å²) < 4.78 is 82.8. The van der Waals surface area contributed by atoms with Crippen molar-refractivity contribution >= 4 is 72.1 Å². The largest absolute Gasteiger partial charge is 0.406 e. The topological polar surface area (TPSA) is 155 Å². The van der Waals surface area contributed by atoms with Gasteiger partial charge in [0.15, 0.2) is 24.1 Å². The maximum atomic E-state index is 13.9. The summed E-state index contributed by atoms with van der Waals surface area (Å²) in [6.45, 7) is 1.72. The summed E-state index contributed by atoms with van der Waals surface area (Å²) in [5.41, 5.74) is 2.99. The van der Waals surface area contributed by atoms with E-state index in [9.17, 15) is 30.7 Å². The van der Waals surface area contributed by atoms with Gasteiger partial charge in [0.05, 0.1) is 18.7 Å². The third-order valence-corrected chi connectivity index (χ3v) is 13.8. The standard InChI is InChI=1S/C34H37N3O9S4/c38-34(35-13-1-3-17-47-18-4-2-14-35)25-9-11-29-27(22-25)37(16-12-33(37)50(42,43)44)32(46-29)23-31-36(15-6-20-49(39,40)41)26-21-24(8-10-28(26)45-31)30-7-5-19-48-30/h5,7-11,19,21-23,33H,1-4,6,12-18,20H2/p+2. The lowest BCUT2D eigenvalue weighted by molar-refractivity contribution is -0.677. The van der Waals surface area contributed by atoms with E-state index in [1.807, 2.05) is 52.4 Å². The Morgan fingerprint density at radius 3 is 2.46 bits per heavy atom. The number of ether oxygens (including phenoxy) is 1. The quantitative estimate of drug-likeness (QED) is 0.128. The molecule has 4 aromatic rings. The Labute approximate surface area is 299 Å². The number of carbonyl (C=O) groups is 1. The van der Waals surface area contributed by atoms with E-state index in [1.54, 1.807) is 40.2 Å². The van der Waals surface area contributed by atoms with E-state index in [4.69, 9.17) is 9.15 Å². The summed E-state index contributed by atoms with van der Waals surface area (Å²) in [6.07, 6.45) is 5.70. The highest BCUT2D eigenvalue weighted by Gasteiger charge is 2.64. The Morgan fingerprint density at radius 2 is 1.80 bits per heavy atom. The van der Waals surface area contributed by atoms with Gasteiger partial charge in [-0.25, -0.2) is 4.48 Å². The molecular weight excluding hydrogens is 723 g/mol. The number of oxazole rings is 1. The number of thiophene rings is 1. The number of amides is 1. The number of aryl methyl sites for hydroxylation is 1. The molecule has 2 aromatic heterocycles.